The van der Waals surface area contributed by atoms with Crippen LogP contribution in [0.5, 0.6) is 11.5 Å². The van der Waals surface area contributed by atoms with E-state index < -0.39 is 11.9 Å². The van der Waals surface area contributed by atoms with E-state index in [-0.39, 0.29) is 24.4 Å². The van der Waals surface area contributed by atoms with Crippen LogP contribution in [0, 0.1) is 13.8 Å². The molecule has 6 rings (SSSR count). The largest absolute Gasteiger partial charge is 0.488 e. The zero-order chi connectivity index (χ0) is 33.6. The zero-order valence-corrected chi connectivity index (χ0v) is 26.6. The number of carboxylic acids is 2. The molecule has 0 aromatic heterocycles. The maximum atomic E-state index is 12.3. The number of fused-ring (bicyclic) bond motifs is 2. The Kier molecular flexibility index (Phi) is 9.35. The quantitative estimate of drug-likeness (QED) is 0.138. The molecule has 0 spiro atoms. The van der Waals surface area contributed by atoms with Crippen LogP contribution >= 0.6 is 0 Å². The molecule has 48 heavy (non-hydrogen) atoms. The maximum Gasteiger partial charge on any atom is 0.335 e. The number of aliphatic carboxylic acids is 2. The summed E-state index contributed by atoms with van der Waals surface area (Å²) >= 11 is 0. The number of carboxylic acid groups (broad SMARTS) is 2. The molecule has 6 aromatic rings. The lowest BCUT2D eigenvalue weighted by Crippen LogP contribution is -2.12. The van der Waals surface area contributed by atoms with E-state index in [0.29, 0.717) is 11.5 Å². The zero-order valence-electron chi connectivity index (χ0n) is 26.6. The Morgan fingerprint density at radius 3 is 1.27 bits per heavy atom. The van der Waals surface area contributed by atoms with E-state index in [2.05, 4.69) is 0 Å². The van der Waals surface area contributed by atoms with Crippen molar-refractivity contribution in [3.63, 3.8) is 0 Å². The molecular weight excluding hydrogens is 600 g/mol. The highest BCUT2D eigenvalue weighted by Crippen LogP contribution is 2.45. The SMILES string of the molecule is Cc1ccc(/C=C(/COc2ccc3ccccc3c2-c2c(OC/C(=C/c3ccc(C)cc3)C(=O)O)ccc3ccccc23)C(=O)O)cc1. The monoisotopic (exact) mass is 634 g/mol. The minimum atomic E-state index is -1.08. The molecule has 6 nitrogen and oxygen atoms in total. The molecule has 0 saturated carbocycles. The van der Waals surface area contributed by atoms with Gasteiger partial charge in [0.1, 0.15) is 24.7 Å². The fraction of sp³-hybridized carbons (Fsp3) is 0.0952. The Bertz CT molecular complexity index is 2030. The summed E-state index contributed by atoms with van der Waals surface area (Å²) in [5.41, 5.74) is 5.32. The standard InChI is InChI=1S/C42H34O6/c1-27-11-15-29(16-12-27)23-33(41(43)44)25-47-37-21-19-31-7-3-5-9-35(31)39(37)40-36-10-6-4-8-32(36)20-22-38(40)48-26-34(42(45)46)24-30-17-13-28(2)14-18-30/h3-24H,25-26H2,1-2H3,(H,43,44)(H,45,46)/b33-23-,34-24-. The molecule has 0 radical (unpaired) electrons. The molecular formula is C42H34O6. The van der Waals surface area contributed by atoms with Gasteiger partial charge in [0.2, 0.25) is 0 Å². The van der Waals surface area contributed by atoms with Crippen LogP contribution in [0.15, 0.2) is 132 Å². The molecule has 0 atom stereocenters. The third-order valence-electron chi connectivity index (χ3n) is 8.18. The summed E-state index contributed by atoms with van der Waals surface area (Å²) in [6, 6.07) is 38.6. The number of hydrogen-bond acceptors (Lipinski definition) is 4. The second-order valence-corrected chi connectivity index (χ2v) is 11.7. The molecule has 0 unspecified atom stereocenters. The Morgan fingerprint density at radius 1 is 0.521 bits per heavy atom. The van der Waals surface area contributed by atoms with E-state index >= 15 is 0 Å². The third kappa shape index (κ3) is 7.13. The Morgan fingerprint density at radius 2 is 0.896 bits per heavy atom. The second-order valence-electron chi connectivity index (χ2n) is 11.7. The van der Waals surface area contributed by atoms with Crippen LogP contribution in [0.1, 0.15) is 22.3 Å². The van der Waals surface area contributed by atoms with Gasteiger partial charge in [0.25, 0.3) is 0 Å². The molecule has 0 amide bonds. The number of carbonyl (C=O) groups is 2. The van der Waals surface area contributed by atoms with Gasteiger partial charge in [-0.3, -0.25) is 0 Å². The molecule has 0 saturated heterocycles. The number of aryl methyl sites for hydroxylation is 2. The predicted molar refractivity (Wildman–Crippen MR) is 191 cm³/mol. The Balaban J connectivity index is 1.45. The molecule has 0 aliphatic rings. The summed E-state index contributed by atoms with van der Waals surface area (Å²) in [5, 5.41) is 23.8. The lowest BCUT2D eigenvalue weighted by atomic mass is 9.92. The fourth-order valence-electron chi connectivity index (χ4n) is 5.63. The van der Waals surface area contributed by atoms with Crippen molar-refractivity contribution in [2.24, 2.45) is 0 Å². The van der Waals surface area contributed by atoms with E-state index in [1.54, 1.807) is 12.2 Å². The first-order chi connectivity index (χ1) is 23.3. The molecule has 0 fully saturated rings. The molecule has 6 aromatic carbocycles. The predicted octanol–water partition coefficient (Wildman–Crippen LogP) is 9.37. The van der Waals surface area contributed by atoms with Gasteiger partial charge in [-0.1, -0.05) is 120 Å². The molecule has 238 valence electrons. The molecule has 6 heteroatoms. The van der Waals surface area contributed by atoms with Crippen LogP contribution in [0.4, 0.5) is 0 Å². The van der Waals surface area contributed by atoms with Crippen molar-refractivity contribution >= 4 is 45.6 Å². The second kappa shape index (κ2) is 14.1. The van der Waals surface area contributed by atoms with Crippen LogP contribution < -0.4 is 9.47 Å². The molecule has 2 N–H and O–H groups in total. The van der Waals surface area contributed by atoms with Gasteiger partial charge in [-0.25, -0.2) is 9.59 Å². The van der Waals surface area contributed by atoms with Crippen molar-refractivity contribution in [2.45, 2.75) is 13.8 Å². The number of hydrogen-bond donors (Lipinski definition) is 2. The lowest BCUT2D eigenvalue weighted by Gasteiger charge is -2.20. The Hall–Kier alpha value is -6.14. The van der Waals surface area contributed by atoms with Gasteiger partial charge in [-0.05, 0) is 70.8 Å². The van der Waals surface area contributed by atoms with Gasteiger partial charge < -0.3 is 19.7 Å². The summed E-state index contributed by atoms with van der Waals surface area (Å²) < 4.78 is 12.7. The van der Waals surface area contributed by atoms with Gasteiger partial charge in [-0.2, -0.15) is 0 Å². The van der Waals surface area contributed by atoms with Gasteiger partial charge in [0.05, 0.1) is 11.1 Å². The summed E-state index contributed by atoms with van der Waals surface area (Å²) in [4.78, 5) is 24.6. The topological polar surface area (TPSA) is 93.1 Å². The first kappa shape index (κ1) is 31.8. The molecule has 0 heterocycles. The number of ether oxygens (including phenoxy) is 2. The highest BCUT2D eigenvalue weighted by Gasteiger charge is 2.21. The maximum absolute atomic E-state index is 12.3. The fourth-order valence-corrected chi connectivity index (χ4v) is 5.63. The van der Waals surface area contributed by atoms with E-state index in [9.17, 15) is 19.8 Å². The third-order valence-corrected chi connectivity index (χ3v) is 8.18. The summed E-state index contributed by atoms with van der Waals surface area (Å²) in [6.07, 6.45) is 3.23. The van der Waals surface area contributed by atoms with Crippen molar-refractivity contribution in [3.8, 4) is 22.6 Å². The highest BCUT2D eigenvalue weighted by atomic mass is 16.5. The van der Waals surface area contributed by atoms with E-state index in [1.807, 2.05) is 135 Å². The van der Waals surface area contributed by atoms with Crippen molar-refractivity contribution in [1.29, 1.82) is 0 Å². The summed E-state index contributed by atoms with van der Waals surface area (Å²) in [6.45, 7) is 3.59. The minimum Gasteiger partial charge on any atom is -0.488 e. The first-order valence-electron chi connectivity index (χ1n) is 15.6. The smallest absolute Gasteiger partial charge is 0.335 e. The lowest BCUT2D eigenvalue weighted by molar-refractivity contribution is -0.133. The van der Waals surface area contributed by atoms with E-state index in [0.717, 1.165) is 54.9 Å². The molecule has 0 aliphatic carbocycles. The van der Waals surface area contributed by atoms with Gasteiger partial charge in [0, 0.05) is 11.1 Å². The number of benzene rings is 6. The van der Waals surface area contributed by atoms with Gasteiger partial charge >= 0.3 is 11.9 Å². The van der Waals surface area contributed by atoms with Crippen LogP contribution in [0.2, 0.25) is 0 Å². The van der Waals surface area contributed by atoms with Crippen molar-refractivity contribution < 1.29 is 29.3 Å². The van der Waals surface area contributed by atoms with Crippen LogP contribution in [-0.2, 0) is 9.59 Å². The minimum absolute atomic E-state index is 0.0969. The Labute approximate surface area is 278 Å². The number of rotatable bonds is 11. The highest BCUT2D eigenvalue weighted by molar-refractivity contribution is 6.10. The van der Waals surface area contributed by atoms with Crippen molar-refractivity contribution in [2.75, 3.05) is 13.2 Å². The van der Waals surface area contributed by atoms with E-state index in [1.165, 1.54) is 0 Å². The summed E-state index contributed by atoms with van der Waals surface area (Å²) in [5.74, 6) is -1.21. The normalized spacial score (nSPS) is 11.9. The van der Waals surface area contributed by atoms with Crippen LogP contribution in [0.25, 0.3) is 44.8 Å². The molecule has 0 bridgehead atoms. The average molecular weight is 635 g/mol. The van der Waals surface area contributed by atoms with Crippen molar-refractivity contribution in [3.05, 3.63) is 155 Å². The van der Waals surface area contributed by atoms with E-state index in [4.69, 9.17) is 9.47 Å². The van der Waals surface area contributed by atoms with Gasteiger partial charge in [-0.15, -0.1) is 0 Å². The summed E-state index contributed by atoms with van der Waals surface area (Å²) in [7, 11) is 0. The average Bonchev–Trinajstić information content (AvgIpc) is 3.09. The first-order valence-corrected chi connectivity index (χ1v) is 15.6. The van der Waals surface area contributed by atoms with Crippen molar-refractivity contribution in [1.82, 2.24) is 0 Å². The van der Waals surface area contributed by atoms with Crippen LogP contribution in [-0.4, -0.2) is 35.4 Å². The van der Waals surface area contributed by atoms with Crippen LogP contribution in [0.3, 0.4) is 0 Å². The van der Waals surface area contributed by atoms with Gasteiger partial charge in [0.15, 0.2) is 0 Å². The molecule has 0 aliphatic heterocycles.